The van der Waals surface area contributed by atoms with Crippen LogP contribution in [0.3, 0.4) is 0 Å². The molecule has 2 aromatic rings. The zero-order valence-corrected chi connectivity index (χ0v) is 12.4. The van der Waals surface area contributed by atoms with Gasteiger partial charge in [0.05, 0.1) is 0 Å². The van der Waals surface area contributed by atoms with Gasteiger partial charge in [0.15, 0.2) is 0 Å². The Morgan fingerprint density at radius 2 is 1.86 bits per heavy atom. The van der Waals surface area contributed by atoms with E-state index in [1.165, 1.54) is 11.6 Å². The predicted molar refractivity (Wildman–Crippen MR) is 85.3 cm³/mol. The third kappa shape index (κ3) is 3.60. The van der Waals surface area contributed by atoms with Gasteiger partial charge in [-0.3, -0.25) is 5.41 Å². The molecule has 0 bridgehead atoms. The molecule has 21 heavy (non-hydrogen) atoms. The molecule has 0 aromatic heterocycles. The molecule has 0 spiro atoms. The molecular formula is C17H20FN3. The fourth-order valence-electron chi connectivity index (χ4n) is 2.19. The average molecular weight is 285 g/mol. The quantitative estimate of drug-likeness (QED) is 0.653. The summed E-state index contributed by atoms with van der Waals surface area (Å²) in [5.41, 5.74) is 8.65. The summed E-state index contributed by atoms with van der Waals surface area (Å²) in [6.07, 6.45) is 0. The van der Waals surface area contributed by atoms with Crippen molar-refractivity contribution in [3.63, 3.8) is 0 Å². The Balaban J connectivity index is 2.22. The van der Waals surface area contributed by atoms with E-state index in [9.17, 15) is 4.39 Å². The van der Waals surface area contributed by atoms with Crippen molar-refractivity contribution in [2.45, 2.75) is 20.4 Å². The van der Waals surface area contributed by atoms with Crippen LogP contribution < -0.4 is 10.6 Å². The van der Waals surface area contributed by atoms with Crippen LogP contribution >= 0.6 is 0 Å². The van der Waals surface area contributed by atoms with Gasteiger partial charge in [0.1, 0.15) is 11.7 Å². The van der Waals surface area contributed by atoms with Gasteiger partial charge in [-0.05, 0) is 32.0 Å². The Morgan fingerprint density at radius 3 is 2.38 bits per heavy atom. The normalized spacial score (nSPS) is 10.4. The first-order valence-electron chi connectivity index (χ1n) is 6.95. The van der Waals surface area contributed by atoms with Gasteiger partial charge in [-0.25, -0.2) is 4.39 Å². The monoisotopic (exact) mass is 285 g/mol. The van der Waals surface area contributed by atoms with Gasteiger partial charge in [-0.1, -0.05) is 29.8 Å². The number of hydrogen-bond acceptors (Lipinski definition) is 2. The average Bonchev–Trinajstić information content (AvgIpc) is 2.47. The molecule has 0 fully saturated rings. The summed E-state index contributed by atoms with van der Waals surface area (Å²) in [6.45, 7) is 5.36. The van der Waals surface area contributed by atoms with Gasteiger partial charge >= 0.3 is 0 Å². The van der Waals surface area contributed by atoms with Gasteiger partial charge in [-0.15, -0.1) is 0 Å². The fraction of sp³-hybridized carbons (Fsp3) is 0.235. The maximum absolute atomic E-state index is 14.1. The summed E-state index contributed by atoms with van der Waals surface area (Å²) in [6, 6.07) is 12.9. The highest BCUT2D eigenvalue weighted by molar-refractivity contribution is 5.94. The minimum Gasteiger partial charge on any atom is -0.384 e. The van der Waals surface area contributed by atoms with E-state index >= 15 is 0 Å². The number of nitrogens with one attached hydrogen (secondary N) is 1. The van der Waals surface area contributed by atoms with Crippen molar-refractivity contribution in [1.29, 1.82) is 5.41 Å². The molecule has 2 rings (SSSR count). The summed E-state index contributed by atoms with van der Waals surface area (Å²) >= 11 is 0. The number of amidine groups is 1. The molecular weight excluding hydrogens is 265 g/mol. The van der Waals surface area contributed by atoms with Gasteiger partial charge in [0.25, 0.3) is 0 Å². The number of aryl methyl sites for hydroxylation is 1. The van der Waals surface area contributed by atoms with Crippen molar-refractivity contribution in [3.05, 3.63) is 65.0 Å². The number of nitrogens with two attached hydrogens (primary N) is 1. The van der Waals surface area contributed by atoms with Crippen molar-refractivity contribution < 1.29 is 4.39 Å². The minimum atomic E-state index is -0.326. The Kier molecular flexibility index (Phi) is 4.58. The summed E-state index contributed by atoms with van der Waals surface area (Å²) in [5, 5.41) is 7.34. The van der Waals surface area contributed by atoms with E-state index in [1.807, 2.05) is 38.1 Å². The summed E-state index contributed by atoms with van der Waals surface area (Å²) in [7, 11) is 0. The Hall–Kier alpha value is -2.36. The molecule has 3 nitrogen and oxygen atoms in total. The standard InChI is InChI=1S/C17H20FN3/c1-3-21(15-8-4-12(2)5-9-15)11-14-7-6-13(17(19)20)10-16(14)18/h4-10H,3,11H2,1-2H3,(H3,19,20). The number of hydrogen-bond donors (Lipinski definition) is 2. The first-order valence-corrected chi connectivity index (χ1v) is 6.95. The van der Waals surface area contributed by atoms with Gasteiger partial charge in [0.2, 0.25) is 0 Å². The van der Waals surface area contributed by atoms with E-state index in [2.05, 4.69) is 4.90 Å². The second-order valence-corrected chi connectivity index (χ2v) is 5.07. The summed E-state index contributed by atoms with van der Waals surface area (Å²) in [4.78, 5) is 2.10. The lowest BCUT2D eigenvalue weighted by Gasteiger charge is -2.23. The van der Waals surface area contributed by atoms with E-state index in [0.717, 1.165) is 12.2 Å². The molecule has 0 atom stereocenters. The SMILES string of the molecule is CCN(Cc1ccc(C(=N)N)cc1F)c1ccc(C)cc1. The van der Waals surface area contributed by atoms with Crippen LogP contribution in [0.2, 0.25) is 0 Å². The number of halogens is 1. The number of nitrogens with zero attached hydrogens (tertiary/aromatic N) is 1. The molecule has 0 amide bonds. The van der Waals surface area contributed by atoms with Crippen molar-refractivity contribution in [2.24, 2.45) is 5.73 Å². The van der Waals surface area contributed by atoms with E-state index in [4.69, 9.17) is 11.1 Å². The zero-order chi connectivity index (χ0) is 15.4. The molecule has 4 heteroatoms. The highest BCUT2D eigenvalue weighted by atomic mass is 19.1. The number of anilines is 1. The molecule has 0 saturated carbocycles. The van der Waals surface area contributed by atoms with Crippen molar-refractivity contribution >= 4 is 11.5 Å². The van der Waals surface area contributed by atoms with Crippen LogP contribution in [0.4, 0.5) is 10.1 Å². The van der Waals surface area contributed by atoms with Crippen LogP contribution in [0.1, 0.15) is 23.6 Å². The topological polar surface area (TPSA) is 53.1 Å². The molecule has 0 radical (unpaired) electrons. The molecule has 0 aliphatic carbocycles. The second kappa shape index (κ2) is 6.39. The van der Waals surface area contributed by atoms with Gasteiger partial charge < -0.3 is 10.6 Å². The van der Waals surface area contributed by atoms with Crippen LogP contribution in [0, 0.1) is 18.2 Å². The smallest absolute Gasteiger partial charge is 0.128 e. The molecule has 3 N–H and O–H groups in total. The molecule has 0 aliphatic heterocycles. The lowest BCUT2D eigenvalue weighted by atomic mass is 10.1. The Morgan fingerprint density at radius 1 is 1.19 bits per heavy atom. The molecule has 0 unspecified atom stereocenters. The van der Waals surface area contributed by atoms with E-state index in [-0.39, 0.29) is 11.7 Å². The lowest BCUT2D eigenvalue weighted by molar-refractivity contribution is 0.605. The van der Waals surface area contributed by atoms with E-state index < -0.39 is 0 Å². The fourth-order valence-corrected chi connectivity index (χ4v) is 2.19. The Labute approximate surface area is 124 Å². The van der Waals surface area contributed by atoms with Gasteiger partial charge in [0, 0.05) is 29.9 Å². The number of nitrogen functional groups attached to an aromatic ring is 1. The van der Waals surface area contributed by atoms with Crippen LogP contribution in [-0.4, -0.2) is 12.4 Å². The molecule has 0 heterocycles. The minimum absolute atomic E-state index is 0.119. The van der Waals surface area contributed by atoms with E-state index in [0.29, 0.717) is 17.7 Å². The summed E-state index contributed by atoms with van der Waals surface area (Å²) in [5.74, 6) is -0.445. The highest BCUT2D eigenvalue weighted by Gasteiger charge is 2.10. The number of benzene rings is 2. The van der Waals surface area contributed by atoms with Crippen molar-refractivity contribution in [3.8, 4) is 0 Å². The van der Waals surface area contributed by atoms with Crippen LogP contribution in [-0.2, 0) is 6.54 Å². The highest BCUT2D eigenvalue weighted by Crippen LogP contribution is 2.19. The van der Waals surface area contributed by atoms with Crippen LogP contribution in [0.25, 0.3) is 0 Å². The molecule has 0 aliphatic rings. The summed E-state index contributed by atoms with van der Waals surface area (Å²) < 4.78 is 14.1. The van der Waals surface area contributed by atoms with Crippen molar-refractivity contribution in [1.82, 2.24) is 0 Å². The molecule has 2 aromatic carbocycles. The lowest BCUT2D eigenvalue weighted by Crippen LogP contribution is -2.23. The third-order valence-electron chi connectivity index (χ3n) is 3.51. The number of rotatable bonds is 5. The predicted octanol–water partition coefficient (Wildman–Crippen LogP) is 3.44. The maximum Gasteiger partial charge on any atom is 0.128 e. The van der Waals surface area contributed by atoms with E-state index in [1.54, 1.807) is 12.1 Å². The zero-order valence-electron chi connectivity index (χ0n) is 12.4. The largest absolute Gasteiger partial charge is 0.384 e. The molecule has 0 saturated heterocycles. The van der Waals surface area contributed by atoms with Crippen molar-refractivity contribution in [2.75, 3.05) is 11.4 Å². The molecule has 110 valence electrons. The maximum atomic E-state index is 14.1. The first kappa shape index (κ1) is 15.0. The Bertz CT molecular complexity index is 635. The van der Waals surface area contributed by atoms with Gasteiger partial charge in [-0.2, -0.15) is 0 Å². The first-order chi connectivity index (χ1) is 10.0. The van der Waals surface area contributed by atoms with Crippen LogP contribution in [0.15, 0.2) is 42.5 Å². The third-order valence-corrected chi connectivity index (χ3v) is 3.51. The second-order valence-electron chi connectivity index (χ2n) is 5.07. The van der Waals surface area contributed by atoms with Crippen LogP contribution in [0.5, 0.6) is 0 Å².